The molecule has 0 atom stereocenters. The second-order valence-corrected chi connectivity index (χ2v) is 7.53. The molecule has 8 heteroatoms. The first-order chi connectivity index (χ1) is 13.3. The van der Waals surface area contributed by atoms with Crippen molar-refractivity contribution in [1.29, 1.82) is 0 Å². The number of sulfonamides is 1. The van der Waals surface area contributed by atoms with Gasteiger partial charge in [-0.3, -0.25) is 4.72 Å². The van der Waals surface area contributed by atoms with Crippen LogP contribution in [0.4, 0.5) is 5.69 Å². The highest BCUT2D eigenvalue weighted by atomic mass is 32.2. The van der Waals surface area contributed by atoms with Crippen molar-refractivity contribution in [3.8, 4) is 0 Å². The number of esters is 2. The van der Waals surface area contributed by atoms with Gasteiger partial charge in [-0.25, -0.2) is 18.0 Å². The minimum Gasteiger partial charge on any atom is -0.462 e. The number of aryl methyl sites for hydroxylation is 1. The van der Waals surface area contributed by atoms with Crippen LogP contribution in [0.5, 0.6) is 0 Å². The summed E-state index contributed by atoms with van der Waals surface area (Å²) in [5.41, 5.74) is 1.17. The van der Waals surface area contributed by atoms with Gasteiger partial charge in [-0.15, -0.1) is 0 Å². The number of ether oxygens (including phenoxy) is 2. The molecular formula is C20H23NO6S. The number of carbonyl (C=O) groups excluding carboxylic acids is 2. The Morgan fingerprint density at radius 2 is 1.36 bits per heavy atom. The number of carbonyl (C=O) groups is 2. The highest BCUT2D eigenvalue weighted by molar-refractivity contribution is 7.92. The number of benzene rings is 2. The molecule has 2 aromatic rings. The molecule has 0 aliphatic heterocycles. The van der Waals surface area contributed by atoms with Crippen molar-refractivity contribution < 1.29 is 27.5 Å². The molecule has 0 fully saturated rings. The summed E-state index contributed by atoms with van der Waals surface area (Å²) in [6.07, 6.45) is 0.790. The summed E-state index contributed by atoms with van der Waals surface area (Å²) in [6, 6.07) is 10.4. The highest BCUT2D eigenvalue weighted by Crippen LogP contribution is 2.21. The van der Waals surface area contributed by atoms with Gasteiger partial charge in [0.25, 0.3) is 10.0 Å². The summed E-state index contributed by atoms with van der Waals surface area (Å²) < 4.78 is 37.6. The van der Waals surface area contributed by atoms with Crippen LogP contribution in [0.15, 0.2) is 47.4 Å². The molecule has 0 aliphatic carbocycles. The predicted octanol–water partition coefficient (Wildman–Crippen LogP) is 3.40. The Labute approximate surface area is 164 Å². The van der Waals surface area contributed by atoms with Crippen LogP contribution >= 0.6 is 0 Å². The van der Waals surface area contributed by atoms with E-state index in [-0.39, 0.29) is 34.9 Å². The van der Waals surface area contributed by atoms with Gasteiger partial charge in [-0.05, 0) is 56.2 Å². The van der Waals surface area contributed by atoms with E-state index < -0.39 is 22.0 Å². The van der Waals surface area contributed by atoms with Crippen LogP contribution in [-0.4, -0.2) is 33.6 Å². The molecule has 0 aliphatic rings. The van der Waals surface area contributed by atoms with Crippen LogP contribution in [0.1, 0.15) is 47.1 Å². The fourth-order valence-electron chi connectivity index (χ4n) is 2.47. The van der Waals surface area contributed by atoms with Crippen molar-refractivity contribution >= 4 is 27.6 Å². The van der Waals surface area contributed by atoms with E-state index in [1.54, 1.807) is 26.0 Å². The van der Waals surface area contributed by atoms with E-state index in [4.69, 9.17) is 9.47 Å². The zero-order valence-electron chi connectivity index (χ0n) is 16.0. The van der Waals surface area contributed by atoms with Crippen LogP contribution in [0.3, 0.4) is 0 Å². The summed E-state index contributed by atoms with van der Waals surface area (Å²) >= 11 is 0. The SMILES string of the molecule is CCOC(=O)c1cc(NS(=O)(=O)c2ccc(CC)cc2)cc(C(=O)OCC)c1. The Kier molecular flexibility index (Phi) is 7.17. The Bertz CT molecular complexity index is 915. The fourth-order valence-corrected chi connectivity index (χ4v) is 3.51. The average molecular weight is 405 g/mol. The monoisotopic (exact) mass is 405 g/mol. The van der Waals surface area contributed by atoms with E-state index >= 15 is 0 Å². The minimum absolute atomic E-state index is 0.0476. The number of hydrogen-bond donors (Lipinski definition) is 1. The van der Waals surface area contributed by atoms with E-state index in [9.17, 15) is 18.0 Å². The standard InChI is InChI=1S/C20H23NO6S/c1-4-14-7-9-18(10-8-14)28(24,25)21-17-12-15(19(22)26-5-2)11-16(13-17)20(23)27-6-3/h7-13,21H,4-6H2,1-3H3. The zero-order valence-corrected chi connectivity index (χ0v) is 16.8. The van der Waals surface area contributed by atoms with Crippen LogP contribution in [0.25, 0.3) is 0 Å². The van der Waals surface area contributed by atoms with Gasteiger partial charge in [-0.2, -0.15) is 0 Å². The van der Waals surface area contributed by atoms with Crippen molar-refractivity contribution in [1.82, 2.24) is 0 Å². The lowest BCUT2D eigenvalue weighted by molar-refractivity contribution is 0.0525. The van der Waals surface area contributed by atoms with Crippen LogP contribution in [0.2, 0.25) is 0 Å². The van der Waals surface area contributed by atoms with Gasteiger partial charge < -0.3 is 9.47 Å². The summed E-state index contributed by atoms with van der Waals surface area (Å²) in [4.78, 5) is 24.2. The molecule has 7 nitrogen and oxygen atoms in total. The van der Waals surface area contributed by atoms with Gasteiger partial charge in [0, 0.05) is 0 Å². The molecule has 0 radical (unpaired) electrons. The molecule has 0 amide bonds. The number of anilines is 1. The van der Waals surface area contributed by atoms with Gasteiger partial charge in [0.1, 0.15) is 0 Å². The van der Waals surface area contributed by atoms with E-state index in [0.717, 1.165) is 12.0 Å². The number of rotatable bonds is 8. The van der Waals surface area contributed by atoms with Gasteiger partial charge in [-0.1, -0.05) is 19.1 Å². The smallest absolute Gasteiger partial charge is 0.338 e. The molecule has 150 valence electrons. The molecule has 0 heterocycles. The van der Waals surface area contributed by atoms with Crippen molar-refractivity contribution in [2.24, 2.45) is 0 Å². The van der Waals surface area contributed by atoms with Crippen LogP contribution in [0, 0.1) is 0 Å². The maximum absolute atomic E-state index is 12.7. The van der Waals surface area contributed by atoms with Crippen molar-refractivity contribution in [2.75, 3.05) is 17.9 Å². The van der Waals surface area contributed by atoms with Crippen molar-refractivity contribution in [3.63, 3.8) is 0 Å². The minimum atomic E-state index is -3.90. The summed E-state index contributed by atoms with van der Waals surface area (Å²) in [5, 5.41) is 0. The number of nitrogens with one attached hydrogen (secondary N) is 1. The first-order valence-electron chi connectivity index (χ1n) is 8.91. The quantitative estimate of drug-likeness (QED) is 0.676. The lowest BCUT2D eigenvalue weighted by Gasteiger charge is -2.12. The molecule has 2 rings (SSSR count). The first-order valence-corrected chi connectivity index (χ1v) is 10.4. The lowest BCUT2D eigenvalue weighted by atomic mass is 10.1. The van der Waals surface area contributed by atoms with E-state index in [1.165, 1.54) is 30.3 Å². The highest BCUT2D eigenvalue weighted by Gasteiger charge is 2.19. The lowest BCUT2D eigenvalue weighted by Crippen LogP contribution is -2.15. The summed E-state index contributed by atoms with van der Waals surface area (Å²) in [5.74, 6) is -1.33. The molecule has 0 aromatic heterocycles. The second-order valence-electron chi connectivity index (χ2n) is 5.84. The van der Waals surface area contributed by atoms with Crippen molar-refractivity contribution in [2.45, 2.75) is 32.1 Å². The van der Waals surface area contributed by atoms with Crippen LogP contribution in [-0.2, 0) is 25.9 Å². The molecule has 1 N–H and O–H groups in total. The number of hydrogen-bond acceptors (Lipinski definition) is 6. The molecule has 28 heavy (non-hydrogen) atoms. The molecule has 0 unspecified atom stereocenters. The first kappa shape index (κ1) is 21.4. The fraction of sp³-hybridized carbons (Fsp3) is 0.300. The molecule has 0 spiro atoms. The Balaban J connectivity index is 2.41. The Morgan fingerprint density at radius 3 is 1.79 bits per heavy atom. The van der Waals surface area contributed by atoms with Gasteiger partial charge in [0.05, 0.1) is 34.9 Å². The molecule has 0 saturated heterocycles. The molecule has 2 aromatic carbocycles. The molecule has 0 bridgehead atoms. The van der Waals surface area contributed by atoms with E-state index in [2.05, 4.69) is 4.72 Å². The van der Waals surface area contributed by atoms with Gasteiger partial charge in [0.15, 0.2) is 0 Å². The average Bonchev–Trinajstić information content (AvgIpc) is 2.67. The van der Waals surface area contributed by atoms with Crippen molar-refractivity contribution in [3.05, 3.63) is 59.2 Å². The third-order valence-electron chi connectivity index (χ3n) is 3.85. The Hall–Kier alpha value is -2.87. The second kappa shape index (κ2) is 9.36. The third kappa shape index (κ3) is 5.32. The normalized spacial score (nSPS) is 11.0. The van der Waals surface area contributed by atoms with Gasteiger partial charge >= 0.3 is 11.9 Å². The maximum atomic E-state index is 12.7. The maximum Gasteiger partial charge on any atom is 0.338 e. The van der Waals surface area contributed by atoms with E-state index in [0.29, 0.717) is 0 Å². The molecule has 0 saturated carbocycles. The summed E-state index contributed by atoms with van der Waals surface area (Å²) in [6.45, 7) is 5.56. The topological polar surface area (TPSA) is 98.8 Å². The molecular weight excluding hydrogens is 382 g/mol. The third-order valence-corrected chi connectivity index (χ3v) is 5.25. The predicted molar refractivity (Wildman–Crippen MR) is 105 cm³/mol. The van der Waals surface area contributed by atoms with Gasteiger partial charge in [0.2, 0.25) is 0 Å². The van der Waals surface area contributed by atoms with E-state index in [1.807, 2.05) is 6.92 Å². The summed E-state index contributed by atoms with van der Waals surface area (Å²) in [7, 11) is -3.90. The zero-order chi connectivity index (χ0) is 20.7. The Morgan fingerprint density at radius 1 is 0.857 bits per heavy atom. The van der Waals surface area contributed by atoms with Crippen LogP contribution < -0.4 is 4.72 Å². The largest absolute Gasteiger partial charge is 0.462 e.